The summed E-state index contributed by atoms with van der Waals surface area (Å²) in [5.74, 6) is -1.11. The van der Waals surface area contributed by atoms with Crippen LogP contribution in [0.4, 0.5) is 5.69 Å². The van der Waals surface area contributed by atoms with Crippen LogP contribution in [0.1, 0.15) is 46.3 Å². The van der Waals surface area contributed by atoms with E-state index in [1.807, 2.05) is 12.1 Å². The minimum Gasteiger partial charge on any atom is -0.494 e. The number of piperidine rings is 1. The molecule has 7 heteroatoms. The largest absolute Gasteiger partial charge is 0.494 e. The van der Waals surface area contributed by atoms with Gasteiger partial charge in [-0.15, -0.1) is 0 Å². The van der Waals surface area contributed by atoms with Crippen LogP contribution in [0.15, 0.2) is 70.5 Å². The molecule has 1 saturated heterocycles. The van der Waals surface area contributed by atoms with E-state index in [1.165, 1.54) is 30.9 Å². The lowest BCUT2D eigenvalue weighted by atomic mass is 10.0. The molecule has 2 aromatic heterocycles. The molecule has 4 aromatic rings. The van der Waals surface area contributed by atoms with Gasteiger partial charge in [0.25, 0.3) is 0 Å². The molecular weight excluding hydrogens is 418 g/mol. The Balaban J connectivity index is 1.54. The topological polar surface area (TPSA) is 102 Å². The Labute approximate surface area is 191 Å². The highest BCUT2D eigenvalue weighted by Gasteiger charge is 2.21. The number of benzene rings is 2. The van der Waals surface area contributed by atoms with Crippen molar-refractivity contribution in [3.63, 3.8) is 0 Å². The van der Waals surface area contributed by atoms with Crippen LogP contribution in [0, 0.1) is 0 Å². The minimum absolute atomic E-state index is 0.0748. The molecular formula is C26H25N3O4. The molecule has 2 aromatic carbocycles. The molecule has 7 nitrogen and oxygen atoms in total. The number of aromatic carboxylic acids is 1. The summed E-state index contributed by atoms with van der Waals surface area (Å²) in [6, 6.07) is 14.5. The number of likely N-dealkylation sites (tertiary alicyclic amines) is 1. The molecule has 0 spiro atoms. The molecule has 0 unspecified atom stereocenters. The number of nitrogens with zero attached hydrogens (tertiary/aromatic N) is 2. The number of rotatable bonds is 6. The first-order valence-corrected chi connectivity index (χ1v) is 11.1. The summed E-state index contributed by atoms with van der Waals surface area (Å²) >= 11 is 0. The SMILES string of the molecule is O=C(O)c1ccc2[nH]c(O)c(C(=Nc3ccc(CN4CCCCC4)cc3)c3ccoc3)c2c1. The number of hydrogen-bond donors (Lipinski definition) is 3. The van der Waals surface area contributed by atoms with E-state index in [0.29, 0.717) is 27.7 Å². The van der Waals surface area contributed by atoms with Gasteiger partial charge >= 0.3 is 5.97 Å². The third-order valence-electron chi connectivity index (χ3n) is 6.09. The zero-order chi connectivity index (χ0) is 22.8. The molecule has 0 saturated carbocycles. The second kappa shape index (κ2) is 8.96. The van der Waals surface area contributed by atoms with Gasteiger partial charge in [-0.3, -0.25) is 4.90 Å². The lowest BCUT2D eigenvalue weighted by molar-refractivity contribution is 0.0697. The monoisotopic (exact) mass is 443 g/mol. The first kappa shape index (κ1) is 21.0. The van der Waals surface area contributed by atoms with Crippen LogP contribution in [0.3, 0.4) is 0 Å². The number of fused-ring (bicyclic) bond motifs is 1. The third kappa shape index (κ3) is 4.40. The number of H-pyrrole nitrogens is 1. The van der Waals surface area contributed by atoms with Crippen LogP contribution >= 0.6 is 0 Å². The van der Waals surface area contributed by atoms with Crippen molar-refractivity contribution >= 4 is 28.3 Å². The van der Waals surface area contributed by atoms with Gasteiger partial charge in [0, 0.05) is 23.0 Å². The number of aromatic hydroxyl groups is 1. The predicted octanol–water partition coefficient (Wildman–Crippen LogP) is 5.32. The summed E-state index contributed by atoms with van der Waals surface area (Å²) in [5, 5.41) is 20.7. The normalized spacial score (nSPS) is 15.2. The van der Waals surface area contributed by atoms with Gasteiger partial charge in [-0.2, -0.15) is 0 Å². The Kier molecular flexibility index (Phi) is 5.71. The van der Waals surface area contributed by atoms with Gasteiger partial charge in [-0.05, 0) is 67.9 Å². The molecule has 1 aliphatic heterocycles. The van der Waals surface area contributed by atoms with E-state index < -0.39 is 5.97 Å². The third-order valence-corrected chi connectivity index (χ3v) is 6.09. The van der Waals surface area contributed by atoms with E-state index in [0.717, 1.165) is 25.3 Å². The molecule has 5 rings (SSSR count). The second-order valence-corrected chi connectivity index (χ2v) is 8.39. The number of aliphatic imine (C=N–C) groups is 1. The average Bonchev–Trinajstić information content (AvgIpc) is 3.46. The van der Waals surface area contributed by atoms with Crippen molar-refractivity contribution in [2.45, 2.75) is 25.8 Å². The molecule has 0 aliphatic carbocycles. The van der Waals surface area contributed by atoms with E-state index in [2.05, 4.69) is 22.0 Å². The van der Waals surface area contributed by atoms with Gasteiger partial charge in [0.05, 0.1) is 35.1 Å². The lowest BCUT2D eigenvalue weighted by Gasteiger charge is -2.26. The Bertz CT molecular complexity index is 1300. The van der Waals surface area contributed by atoms with E-state index in [4.69, 9.17) is 9.41 Å². The van der Waals surface area contributed by atoms with E-state index >= 15 is 0 Å². The van der Waals surface area contributed by atoms with E-state index in [1.54, 1.807) is 30.7 Å². The summed E-state index contributed by atoms with van der Waals surface area (Å²) in [4.78, 5) is 21.7. The zero-order valence-corrected chi connectivity index (χ0v) is 18.1. The van der Waals surface area contributed by atoms with Crippen molar-refractivity contribution in [3.05, 3.63) is 83.3 Å². The fourth-order valence-electron chi connectivity index (χ4n) is 4.40. The Morgan fingerprint density at radius 2 is 1.82 bits per heavy atom. The number of furan rings is 1. The molecule has 0 atom stereocenters. The molecule has 0 amide bonds. The van der Waals surface area contributed by atoms with Crippen molar-refractivity contribution in [2.24, 2.45) is 4.99 Å². The quantitative estimate of drug-likeness (QED) is 0.350. The lowest BCUT2D eigenvalue weighted by Crippen LogP contribution is -2.28. The molecule has 33 heavy (non-hydrogen) atoms. The maximum Gasteiger partial charge on any atom is 0.335 e. The number of nitrogens with one attached hydrogen (secondary N) is 1. The standard InChI is InChI=1S/C26H25N3O4/c30-25-23(21-14-18(26(31)32)6-9-22(21)28-25)24(19-10-13-33-16-19)27-20-7-4-17(5-8-20)15-29-11-2-1-3-12-29/h4-10,13-14,16,28,30H,1-3,11-12,15H2,(H,31,32). The molecule has 3 heterocycles. The minimum atomic E-state index is -1.03. The van der Waals surface area contributed by atoms with Crippen LogP contribution in [-0.2, 0) is 6.54 Å². The summed E-state index contributed by atoms with van der Waals surface area (Å²) in [5.41, 5.74) is 4.35. The van der Waals surface area contributed by atoms with Gasteiger partial charge in [0.1, 0.15) is 0 Å². The van der Waals surface area contributed by atoms with Gasteiger partial charge < -0.3 is 19.6 Å². The summed E-state index contributed by atoms with van der Waals surface area (Å²) in [6.07, 6.45) is 6.93. The Morgan fingerprint density at radius 1 is 1.03 bits per heavy atom. The summed E-state index contributed by atoms with van der Waals surface area (Å²) < 4.78 is 5.28. The number of aromatic amines is 1. The van der Waals surface area contributed by atoms with Crippen LogP contribution < -0.4 is 0 Å². The molecule has 1 fully saturated rings. The van der Waals surface area contributed by atoms with Crippen LogP contribution in [-0.4, -0.2) is 44.9 Å². The highest BCUT2D eigenvalue weighted by Crippen LogP contribution is 2.32. The van der Waals surface area contributed by atoms with Gasteiger partial charge in [0.2, 0.25) is 0 Å². The number of carbonyl (C=O) groups is 1. The summed E-state index contributed by atoms with van der Waals surface area (Å²) in [7, 11) is 0. The van der Waals surface area contributed by atoms with Crippen molar-refractivity contribution in [1.82, 2.24) is 9.88 Å². The fraction of sp³-hybridized carbons (Fsp3) is 0.231. The maximum atomic E-state index is 11.5. The second-order valence-electron chi connectivity index (χ2n) is 8.39. The molecule has 3 N–H and O–H groups in total. The first-order valence-electron chi connectivity index (χ1n) is 11.1. The number of carboxylic acids is 1. The Morgan fingerprint density at radius 3 is 2.52 bits per heavy atom. The smallest absolute Gasteiger partial charge is 0.335 e. The average molecular weight is 444 g/mol. The van der Waals surface area contributed by atoms with E-state index in [9.17, 15) is 15.0 Å². The fourth-order valence-corrected chi connectivity index (χ4v) is 4.40. The molecule has 0 bridgehead atoms. The van der Waals surface area contributed by atoms with Gasteiger partial charge in [0.15, 0.2) is 5.88 Å². The van der Waals surface area contributed by atoms with Gasteiger partial charge in [-0.25, -0.2) is 9.79 Å². The van der Waals surface area contributed by atoms with Crippen molar-refractivity contribution in [2.75, 3.05) is 13.1 Å². The van der Waals surface area contributed by atoms with Crippen LogP contribution in [0.2, 0.25) is 0 Å². The van der Waals surface area contributed by atoms with Crippen molar-refractivity contribution in [3.8, 4) is 5.88 Å². The molecule has 1 aliphatic rings. The van der Waals surface area contributed by atoms with Crippen LogP contribution in [0.5, 0.6) is 5.88 Å². The van der Waals surface area contributed by atoms with Crippen molar-refractivity contribution < 1.29 is 19.4 Å². The maximum absolute atomic E-state index is 11.5. The Hall–Kier alpha value is -3.84. The summed E-state index contributed by atoms with van der Waals surface area (Å²) in [6.45, 7) is 3.21. The number of aromatic nitrogens is 1. The highest BCUT2D eigenvalue weighted by atomic mass is 16.4. The number of hydrogen-bond acceptors (Lipinski definition) is 5. The van der Waals surface area contributed by atoms with Crippen LogP contribution in [0.25, 0.3) is 10.9 Å². The van der Waals surface area contributed by atoms with E-state index in [-0.39, 0.29) is 11.4 Å². The predicted molar refractivity (Wildman–Crippen MR) is 126 cm³/mol. The number of carboxylic acid groups (broad SMARTS) is 1. The molecule has 0 radical (unpaired) electrons. The molecule has 168 valence electrons. The first-order chi connectivity index (χ1) is 16.1. The zero-order valence-electron chi connectivity index (χ0n) is 18.1. The van der Waals surface area contributed by atoms with Gasteiger partial charge in [-0.1, -0.05) is 18.6 Å². The van der Waals surface area contributed by atoms with Crippen molar-refractivity contribution in [1.29, 1.82) is 0 Å². The highest BCUT2D eigenvalue weighted by molar-refractivity contribution is 6.22.